The van der Waals surface area contributed by atoms with Gasteiger partial charge < -0.3 is 15.6 Å². The number of aromatic amines is 1. The predicted molar refractivity (Wildman–Crippen MR) is 84.9 cm³/mol. The molecular formula is C14H23Cl2N3O. The van der Waals surface area contributed by atoms with Gasteiger partial charge in [-0.25, -0.2) is 0 Å². The van der Waals surface area contributed by atoms with Crippen molar-refractivity contribution in [3.05, 3.63) is 23.0 Å². The van der Waals surface area contributed by atoms with Crippen LogP contribution in [0.15, 0.2) is 12.3 Å². The minimum atomic E-state index is -0.102. The summed E-state index contributed by atoms with van der Waals surface area (Å²) in [6, 6.07) is 2.26. The summed E-state index contributed by atoms with van der Waals surface area (Å²) in [6.07, 6.45) is 9.52. The molecule has 1 heterocycles. The number of nitrogens with one attached hydrogen (secondary N) is 3. The first-order valence-electron chi connectivity index (χ1n) is 7.11. The van der Waals surface area contributed by atoms with E-state index in [1.165, 1.54) is 38.5 Å². The Hall–Kier alpha value is -0.710. The average Bonchev–Trinajstić information content (AvgIpc) is 2.68. The molecule has 0 radical (unpaired) electrons. The molecule has 4 nitrogen and oxygen atoms in total. The van der Waals surface area contributed by atoms with Crippen LogP contribution in [0.1, 0.15) is 49.0 Å². The van der Waals surface area contributed by atoms with Gasteiger partial charge in [0.2, 0.25) is 0 Å². The van der Waals surface area contributed by atoms with E-state index < -0.39 is 0 Å². The molecule has 0 bridgehead atoms. The monoisotopic (exact) mass is 319 g/mol. The summed E-state index contributed by atoms with van der Waals surface area (Å²) in [5.74, 6) is -0.102. The van der Waals surface area contributed by atoms with Gasteiger partial charge in [-0.1, -0.05) is 37.3 Å². The highest BCUT2D eigenvalue weighted by Crippen LogP contribution is 2.16. The van der Waals surface area contributed by atoms with Crippen molar-refractivity contribution in [3.8, 4) is 0 Å². The zero-order valence-corrected chi connectivity index (χ0v) is 13.2. The molecule has 114 valence electrons. The zero-order chi connectivity index (χ0) is 13.5. The molecule has 0 aliphatic heterocycles. The molecule has 3 N–H and O–H groups in total. The van der Waals surface area contributed by atoms with Gasteiger partial charge in [-0.3, -0.25) is 4.79 Å². The third-order valence-corrected chi connectivity index (χ3v) is 3.81. The lowest BCUT2D eigenvalue weighted by molar-refractivity contribution is 0.0949. The van der Waals surface area contributed by atoms with Crippen LogP contribution in [0.2, 0.25) is 5.02 Å². The van der Waals surface area contributed by atoms with E-state index in [2.05, 4.69) is 15.6 Å². The van der Waals surface area contributed by atoms with Gasteiger partial charge in [0.15, 0.2) is 0 Å². The highest BCUT2D eigenvalue weighted by Gasteiger charge is 2.11. The van der Waals surface area contributed by atoms with E-state index in [0.717, 1.165) is 6.54 Å². The molecule has 1 aromatic rings. The first kappa shape index (κ1) is 17.3. The Morgan fingerprint density at radius 3 is 2.55 bits per heavy atom. The molecule has 1 aliphatic rings. The van der Waals surface area contributed by atoms with E-state index in [0.29, 0.717) is 23.3 Å². The normalized spacial score (nSPS) is 16.2. The average molecular weight is 320 g/mol. The minimum Gasteiger partial charge on any atom is -0.356 e. The number of aromatic nitrogens is 1. The lowest BCUT2D eigenvalue weighted by Gasteiger charge is -2.16. The van der Waals surface area contributed by atoms with Crippen molar-refractivity contribution in [2.45, 2.75) is 44.6 Å². The maximum atomic E-state index is 11.7. The molecule has 20 heavy (non-hydrogen) atoms. The summed E-state index contributed by atoms with van der Waals surface area (Å²) in [5, 5.41) is 6.96. The quantitative estimate of drug-likeness (QED) is 0.577. The van der Waals surface area contributed by atoms with Gasteiger partial charge in [-0.05, 0) is 18.9 Å². The molecule has 1 aromatic heterocycles. The minimum absolute atomic E-state index is 0. The fraction of sp³-hybridized carbons (Fsp3) is 0.643. The van der Waals surface area contributed by atoms with Crippen LogP contribution in [0, 0.1) is 0 Å². The molecule has 1 amide bonds. The first-order valence-corrected chi connectivity index (χ1v) is 7.49. The smallest absolute Gasteiger partial charge is 0.267 e. The van der Waals surface area contributed by atoms with Crippen LogP contribution in [0.4, 0.5) is 0 Å². The largest absolute Gasteiger partial charge is 0.356 e. The van der Waals surface area contributed by atoms with E-state index >= 15 is 0 Å². The van der Waals surface area contributed by atoms with E-state index in [4.69, 9.17) is 11.6 Å². The maximum Gasteiger partial charge on any atom is 0.267 e. The molecule has 0 spiro atoms. The Morgan fingerprint density at radius 1 is 1.25 bits per heavy atom. The summed E-state index contributed by atoms with van der Waals surface area (Å²) < 4.78 is 0. The number of rotatable bonds is 5. The Balaban J connectivity index is 0.00000200. The standard InChI is InChI=1S/C14H22ClN3O.ClH/c15-11-9-13(18-10-11)14(19)17-8-7-16-12-5-3-1-2-4-6-12;/h9-10,12,16,18H,1-8H2,(H,17,19);1H. The summed E-state index contributed by atoms with van der Waals surface area (Å²) in [5.41, 5.74) is 0.513. The Labute approximate surface area is 131 Å². The Bertz CT molecular complexity index is 401. The third kappa shape index (κ3) is 5.73. The number of hydrogen-bond acceptors (Lipinski definition) is 2. The van der Waals surface area contributed by atoms with Crippen molar-refractivity contribution < 1.29 is 4.79 Å². The summed E-state index contributed by atoms with van der Waals surface area (Å²) in [6.45, 7) is 1.47. The first-order chi connectivity index (χ1) is 9.25. The second kappa shape index (κ2) is 9.27. The molecule has 6 heteroatoms. The highest BCUT2D eigenvalue weighted by atomic mass is 35.5. The number of hydrogen-bond donors (Lipinski definition) is 3. The lowest BCUT2D eigenvalue weighted by Crippen LogP contribution is -2.36. The van der Waals surface area contributed by atoms with E-state index in [-0.39, 0.29) is 18.3 Å². The van der Waals surface area contributed by atoms with Crippen LogP contribution < -0.4 is 10.6 Å². The van der Waals surface area contributed by atoms with Gasteiger partial charge in [0.25, 0.3) is 5.91 Å². The SMILES string of the molecule is Cl.O=C(NCCNC1CCCCCC1)c1cc(Cl)c[nH]1. The molecule has 1 aliphatic carbocycles. The van der Waals surface area contributed by atoms with Gasteiger partial charge in [0.05, 0.1) is 5.02 Å². The molecule has 0 atom stereocenters. The topological polar surface area (TPSA) is 56.9 Å². The van der Waals surface area contributed by atoms with Crippen LogP contribution >= 0.6 is 24.0 Å². The number of halogens is 2. The Morgan fingerprint density at radius 2 is 1.95 bits per heavy atom. The van der Waals surface area contributed by atoms with Gasteiger partial charge >= 0.3 is 0 Å². The van der Waals surface area contributed by atoms with Crippen LogP contribution in [-0.4, -0.2) is 30.0 Å². The predicted octanol–water partition coefficient (Wildman–Crippen LogP) is 3.13. The van der Waals surface area contributed by atoms with Crippen molar-refractivity contribution in [1.29, 1.82) is 0 Å². The van der Waals surface area contributed by atoms with Gasteiger partial charge in [0.1, 0.15) is 5.69 Å². The maximum absolute atomic E-state index is 11.7. The molecular weight excluding hydrogens is 297 g/mol. The van der Waals surface area contributed by atoms with Crippen LogP contribution in [0.25, 0.3) is 0 Å². The molecule has 1 saturated carbocycles. The van der Waals surface area contributed by atoms with Crippen molar-refractivity contribution in [3.63, 3.8) is 0 Å². The number of amides is 1. The number of carbonyl (C=O) groups excluding carboxylic acids is 1. The fourth-order valence-corrected chi connectivity index (χ4v) is 2.69. The second-order valence-electron chi connectivity index (χ2n) is 5.13. The highest BCUT2D eigenvalue weighted by molar-refractivity contribution is 6.30. The summed E-state index contributed by atoms with van der Waals surface area (Å²) in [7, 11) is 0. The van der Waals surface area contributed by atoms with Crippen molar-refractivity contribution in [2.24, 2.45) is 0 Å². The number of H-pyrrole nitrogens is 1. The van der Waals surface area contributed by atoms with E-state index in [1.807, 2.05) is 0 Å². The van der Waals surface area contributed by atoms with Crippen molar-refractivity contribution in [1.82, 2.24) is 15.6 Å². The van der Waals surface area contributed by atoms with E-state index in [9.17, 15) is 4.79 Å². The van der Waals surface area contributed by atoms with Crippen LogP contribution in [-0.2, 0) is 0 Å². The molecule has 0 unspecified atom stereocenters. The fourth-order valence-electron chi connectivity index (χ4n) is 2.53. The summed E-state index contributed by atoms with van der Waals surface area (Å²) in [4.78, 5) is 14.6. The zero-order valence-electron chi connectivity index (χ0n) is 11.6. The molecule has 0 saturated heterocycles. The second-order valence-corrected chi connectivity index (χ2v) is 5.57. The number of carbonyl (C=O) groups is 1. The lowest BCUT2D eigenvalue weighted by atomic mass is 10.1. The van der Waals surface area contributed by atoms with E-state index in [1.54, 1.807) is 12.3 Å². The summed E-state index contributed by atoms with van der Waals surface area (Å²) >= 11 is 5.76. The molecule has 1 fully saturated rings. The van der Waals surface area contributed by atoms with Gasteiger partial charge in [0, 0.05) is 25.3 Å². The van der Waals surface area contributed by atoms with Crippen molar-refractivity contribution in [2.75, 3.05) is 13.1 Å². The van der Waals surface area contributed by atoms with Crippen molar-refractivity contribution >= 4 is 29.9 Å². The molecule has 0 aromatic carbocycles. The molecule has 2 rings (SSSR count). The van der Waals surface area contributed by atoms with Gasteiger partial charge in [-0.2, -0.15) is 0 Å². The Kier molecular flexibility index (Phi) is 8.04. The third-order valence-electron chi connectivity index (χ3n) is 3.59. The van der Waals surface area contributed by atoms with Gasteiger partial charge in [-0.15, -0.1) is 12.4 Å². The van der Waals surface area contributed by atoms with Crippen LogP contribution in [0.5, 0.6) is 0 Å². The van der Waals surface area contributed by atoms with Crippen LogP contribution in [0.3, 0.4) is 0 Å².